The molecule has 0 spiro atoms. The Morgan fingerprint density at radius 1 is 1.10 bits per heavy atom. The third-order valence-electron chi connectivity index (χ3n) is 4.30. The average Bonchev–Trinajstić information content (AvgIpc) is 3.40. The van der Waals surface area contributed by atoms with E-state index < -0.39 is 0 Å². The van der Waals surface area contributed by atoms with Gasteiger partial charge in [0.1, 0.15) is 10.8 Å². The van der Waals surface area contributed by atoms with Crippen LogP contribution in [0.15, 0.2) is 77.8 Å². The van der Waals surface area contributed by atoms with Crippen LogP contribution in [0, 0.1) is 0 Å². The second-order valence-corrected chi connectivity index (χ2v) is 8.01. The summed E-state index contributed by atoms with van der Waals surface area (Å²) in [5, 5.41) is 12.8. The Morgan fingerprint density at radius 2 is 1.90 bits per heavy atom. The van der Waals surface area contributed by atoms with E-state index in [1.54, 1.807) is 30.2 Å². The number of nitrogens with zero attached hydrogens (tertiary/aromatic N) is 4. The van der Waals surface area contributed by atoms with Gasteiger partial charge in [0.25, 0.3) is 0 Å². The molecular weight excluding hydrogens is 400 g/mol. The zero-order valence-corrected chi connectivity index (χ0v) is 17.6. The lowest BCUT2D eigenvalue weighted by Crippen LogP contribution is -2.01. The number of methoxy groups -OCH3 is 1. The first kappa shape index (κ1) is 19.4. The molecule has 4 aromatic rings. The predicted octanol–water partition coefficient (Wildman–Crippen LogP) is 5.56. The Balaban J connectivity index is 1.56. The molecule has 0 bridgehead atoms. The molecule has 146 valence electrons. The molecule has 0 aliphatic carbocycles. The first-order valence-electron chi connectivity index (χ1n) is 9.10. The smallest absolute Gasteiger partial charge is 0.192 e. The quantitative estimate of drug-likeness (QED) is 0.276. The highest BCUT2D eigenvalue weighted by molar-refractivity contribution is 7.98. The van der Waals surface area contributed by atoms with E-state index in [-0.39, 0.29) is 0 Å². The van der Waals surface area contributed by atoms with Crippen LogP contribution >= 0.6 is 23.1 Å². The third kappa shape index (κ3) is 4.26. The topological polar surface area (TPSA) is 52.8 Å². The molecule has 0 N–H and O–H groups in total. The summed E-state index contributed by atoms with van der Waals surface area (Å²) in [5.74, 6) is 2.27. The minimum atomic E-state index is 0.620. The molecule has 0 saturated carbocycles. The monoisotopic (exact) mass is 420 g/mol. The fourth-order valence-corrected chi connectivity index (χ4v) is 4.71. The normalized spacial score (nSPS) is 10.8. The van der Waals surface area contributed by atoms with Crippen molar-refractivity contribution in [2.24, 2.45) is 0 Å². The van der Waals surface area contributed by atoms with Crippen molar-refractivity contribution in [3.8, 4) is 27.7 Å². The first-order valence-corrected chi connectivity index (χ1v) is 11.0. The molecule has 0 aliphatic rings. The van der Waals surface area contributed by atoms with Crippen LogP contribution in [0.25, 0.3) is 22.0 Å². The average molecular weight is 421 g/mol. The molecule has 0 atom stereocenters. The lowest BCUT2D eigenvalue weighted by Gasteiger charge is -2.10. The van der Waals surface area contributed by atoms with Gasteiger partial charge in [0.15, 0.2) is 11.0 Å². The van der Waals surface area contributed by atoms with E-state index in [1.165, 1.54) is 0 Å². The number of benzene rings is 2. The Bertz CT molecular complexity index is 1100. The lowest BCUT2D eigenvalue weighted by molar-refractivity contribution is 0.416. The number of hydrogen-bond donors (Lipinski definition) is 0. The van der Waals surface area contributed by atoms with E-state index in [2.05, 4.69) is 38.9 Å². The molecule has 5 nitrogen and oxygen atoms in total. The number of hydrogen-bond acceptors (Lipinski definition) is 6. The maximum atomic E-state index is 5.49. The molecule has 0 saturated heterocycles. The summed E-state index contributed by atoms with van der Waals surface area (Å²) in [4.78, 5) is 4.76. The van der Waals surface area contributed by atoms with Gasteiger partial charge >= 0.3 is 0 Å². The number of thiazole rings is 1. The summed E-state index contributed by atoms with van der Waals surface area (Å²) < 4.78 is 7.55. The van der Waals surface area contributed by atoms with Crippen molar-refractivity contribution in [2.75, 3.05) is 7.11 Å². The highest BCUT2D eigenvalue weighted by atomic mass is 32.2. The van der Waals surface area contributed by atoms with Crippen molar-refractivity contribution in [1.82, 2.24) is 19.7 Å². The fraction of sp³-hybridized carbons (Fsp3) is 0.136. The molecule has 2 aromatic heterocycles. The van der Waals surface area contributed by atoms with Crippen molar-refractivity contribution < 1.29 is 4.74 Å². The Labute approximate surface area is 178 Å². The number of rotatable bonds is 8. The molecule has 0 radical (unpaired) electrons. The predicted molar refractivity (Wildman–Crippen MR) is 119 cm³/mol. The van der Waals surface area contributed by atoms with Crippen LogP contribution in [0.2, 0.25) is 0 Å². The number of aromatic nitrogens is 4. The molecule has 0 amide bonds. The molecule has 29 heavy (non-hydrogen) atoms. The van der Waals surface area contributed by atoms with Crippen molar-refractivity contribution in [1.29, 1.82) is 0 Å². The van der Waals surface area contributed by atoms with Crippen LogP contribution in [-0.2, 0) is 12.3 Å². The minimum Gasteiger partial charge on any atom is -0.496 e. The minimum absolute atomic E-state index is 0.620. The van der Waals surface area contributed by atoms with Gasteiger partial charge in [-0.15, -0.1) is 28.1 Å². The van der Waals surface area contributed by atoms with Crippen LogP contribution < -0.4 is 4.74 Å². The van der Waals surface area contributed by atoms with Crippen molar-refractivity contribution in [3.05, 3.63) is 78.3 Å². The van der Waals surface area contributed by atoms with Crippen molar-refractivity contribution >= 4 is 23.1 Å². The molecular formula is C22H20N4OS2. The van der Waals surface area contributed by atoms with Gasteiger partial charge in [-0.2, -0.15) is 0 Å². The van der Waals surface area contributed by atoms with Crippen LogP contribution in [0.4, 0.5) is 0 Å². The fourth-order valence-electron chi connectivity index (χ4n) is 2.94. The first-order chi connectivity index (χ1) is 14.3. The van der Waals surface area contributed by atoms with E-state index in [1.807, 2.05) is 48.5 Å². The van der Waals surface area contributed by atoms with E-state index >= 15 is 0 Å². The van der Waals surface area contributed by atoms with Crippen molar-refractivity contribution in [2.45, 2.75) is 17.5 Å². The third-order valence-corrected chi connectivity index (χ3v) is 6.24. The summed E-state index contributed by atoms with van der Waals surface area (Å²) >= 11 is 3.28. The second-order valence-electron chi connectivity index (χ2n) is 6.20. The van der Waals surface area contributed by atoms with Gasteiger partial charge in [-0.25, -0.2) is 4.98 Å². The standard InChI is InChI=1S/C22H20N4OS2/c1-3-13-26-20(18-11-7-8-12-19(18)27-2)24-25-22(26)29-15-17-14-28-21(23-17)16-9-5-4-6-10-16/h3-12,14H,1,13,15H2,2H3. The van der Waals surface area contributed by atoms with Gasteiger partial charge in [0.2, 0.25) is 0 Å². The van der Waals surface area contributed by atoms with Crippen LogP contribution in [0.1, 0.15) is 5.69 Å². The van der Waals surface area contributed by atoms with E-state index in [0.29, 0.717) is 6.54 Å². The summed E-state index contributed by atoms with van der Waals surface area (Å²) in [6, 6.07) is 18.1. The maximum absolute atomic E-state index is 5.49. The lowest BCUT2D eigenvalue weighted by atomic mass is 10.2. The zero-order valence-electron chi connectivity index (χ0n) is 16.0. The van der Waals surface area contributed by atoms with Crippen molar-refractivity contribution in [3.63, 3.8) is 0 Å². The molecule has 7 heteroatoms. The maximum Gasteiger partial charge on any atom is 0.192 e. The van der Waals surface area contributed by atoms with Gasteiger partial charge in [-0.05, 0) is 12.1 Å². The van der Waals surface area contributed by atoms with Gasteiger partial charge in [0.05, 0.1) is 18.4 Å². The second kappa shape index (κ2) is 9.07. The van der Waals surface area contributed by atoms with Gasteiger partial charge in [0, 0.05) is 23.2 Å². The Hall–Kier alpha value is -2.90. The van der Waals surface area contributed by atoms with Crippen LogP contribution in [0.3, 0.4) is 0 Å². The highest BCUT2D eigenvalue weighted by Gasteiger charge is 2.17. The zero-order chi connectivity index (χ0) is 20.1. The number of ether oxygens (including phenoxy) is 1. The number of allylic oxidation sites excluding steroid dienone is 1. The van der Waals surface area contributed by atoms with Crippen LogP contribution in [0.5, 0.6) is 5.75 Å². The Morgan fingerprint density at radius 3 is 2.69 bits per heavy atom. The van der Waals surface area contributed by atoms with Crippen LogP contribution in [-0.4, -0.2) is 26.9 Å². The molecule has 2 aromatic carbocycles. The largest absolute Gasteiger partial charge is 0.496 e. The molecule has 0 unspecified atom stereocenters. The molecule has 4 rings (SSSR count). The summed E-state index contributed by atoms with van der Waals surface area (Å²) in [5.41, 5.74) is 3.09. The van der Waals surface area contributed by atoms with E-state index in [0.717, 1.165) is 44.3 Å². The van der Waals surface area contributed by atoms with Gasteiger partial charge in [-0.3, -0.25) is 4.57 Å². The summed E-state index contributed by atoms with van der Waals surface area (Å²) in [6.45, 7) is 4.50. The van der Waals surface area contributed by atoms with Gasteiger partial charge in [-0.1, -0.05) is 60.3 Å². The molecule has 0 fully saturated rings. The molecule has 0 aliphatic heterocycles. The Kier molecular flexibility index (Phi) is 6.07. The van der Waals surface area contributed by atoms with E-state index in [4.69, 9.17) is 9.72 Å². The van der Waals surface area contributed by atoms with Gasteiger partial charge < -0.3 is 4.74 Å². The number of para-hydroxylation sites is 1. The highest BCUT2D eigenvalue weighted by Crippen LogP contribution is 2.32. The summed E-state index contributed by atoms with van der Waals surface area (Å²) in [7, 11) is 1.66. The van der Waals surface area contributed by atoms with E-state index in [9.17, 15) is 0 Å². The molecule has 2 heterocycles. The SMILES string of the molecule is C=CCn1c(SCc2csc(-c3ccccc3)n2)nnc1-c1ccccc1OC. The number of thioether (sulfide) groups is 1. The summed E-state index contributed by atoms with van der Waals surface area (Å²) in [6.07, 6.45) is 1.85.